The summed E-state index contributed by atoms with van der Waals surface area (Å²) >= 11 is 0. The fourth-order valence-electron chi connectivity index (χ4n) is 2.29. The number of hydrogen-bond donors (Lipinski definition) is 2. The quantitative estimate of drug-likeness (QED) is 0.747. The normalized spacial score (nSPS) is 15.1. The summed E-state index contributed by atoms with van der Waals surface area (Å²) in [5.41, 5.74) is 1.03. The van der Waals surface area contributed by atoms with E-state index in [9.17, 15) is 9.59 Å². The number of amides is 2. The molecule has 1 aliphatic heterocycles. The van der Waals surface area contributed by atoms with Crippen molar-refractivity contribution in [1.29, 1.82) is 0 Å². The summed E-state index contributed by atoms with van der Waals surface area (Å²) in [6.07, 6.45) is 6.30. The van der Waals surface area contributed by atoms with Crippen LogP contribution < -0.4 is 10.6 Å². The van der Waals surface area contributed by atoms with Crippen molar-refractivity contribution < 1.29 is 9.59 Å². The van der Waals surface area contributed by atoms with Crippen LogP contribution in [-0.4, -0.2) is 64.0 Å². The Kier molecular flexibility index (Phi) is 3.78. The fourth-order valence-corrected chi connectivity index (χ4v) is 2.29. The maximum atomic E-state index is 12.1. The number of piperazine rings is 1. The Labute approximate surface area is 121 Å². The smallest absolute Gasteiger partial charge is 0.255 e. The summed E-state index contributed by atoms with van der Waals surface area (Å²) in [7, 11) is 0. The number of aromatic nitrogens is 3. The second-order valence-electron chi connectivity index (χ2n) is 4.78. The SMILES string of the molecule is O=C(NCC(=O)N1CCNCC1)c1cnn2ccncc12. The molecule has 21 heavy (non-hydrogen) atoms. The number of carbonyl (C=O) groups excluding carboxylic acids is 2. The molecule has 1 aliphatic rings. The molecular formula is C13H16N6O2. The van der Waals surface area contributed by atoms with Gasteiger partial charge in [-0.2, -0.15) is 5.10 Å². The zero-order valence-corrected chi connectivity index (χ0v) is 11.5. The van der Waals surface area contributed by atoms with Gasteiger partial charge in [0.05, 0.1) is 30.0 Å². The molecule has 8 heteroatoms. The van der Waals surface area contributed by atoms with Crippen LogP contribution in [0.3, 0.4) is 0 Å². The van der Waals surface area contributed by atoms with E-state index in [-0.39, 0.29) is 18.4 Å². The van der Waals surface area contributed by atoms with E-state index in [2.05, 4.69) is 20.7 Å². The molecule has 8 nitrogen and oxygen atoms in total. The van der Waals surface area contributed by atoms with E-state index in [1.165, 1.54) is 6.20 Å². The van der Waals surface area contributed by atoms with E-state index in [1.807, 2.05) is 0 Å². The van der Waals surface area contributed by atoms with E-state index < -0.39 is 0 Å². The minimum atomic E-state index is -0.318. The number of rotatable bonds is 3. The molecule has 110 valence electrons. The first-order valence-electron chi connectivity index (χ1n) is 6.80. The molecule has 2 aromatic rings. The van der Waals surface area contributed by atoms with Gasteiger partial charge < -0.3 is 15.5 Å². The number of hydrogen-bond acceptors (Lipinski definition) is 5. The van der Waals surface area contributed by atoms with Gasteiger partial charge in [0.25, 0.3) is 5.91 Å². The van der Waals surface area contributed by atoms with Crippen LogP contribution in [0.4, 0.5) is 0 Å². The van der Waals surface area contributed by atoms with Gasteiger partial charge in [-0.05, 0) is 0 Å². The van der Waals surface area contributed by atoms with Gasteiger partial charge in [-0.1, -0.05) is 0 Å². The van der Waals surface area contributed by atoms with Crippen LogP contribution in [0.2, 0.25) is 0 Å². The van der Waals surface area contributed by atoms with Crippen LogP contribution in [-0.2, 0) is 4.79 Å². The Hall–Kier alpha value is -2.48. The van der Waals surface area contributed by atoms with Crippen LogP contribution in [0.5, 0.6) is 0 Å². The molecule has 0 aliphatic carbocycles. The number of nitrogens with one attached hydrogen (secondary N) is 2. The van der Waals surface area contributed by atoms with Crippen molar-refractivity contribution in [1.82, 2.24) is 30.1 Å². The van der Waals surface area contributed by atoms with Crippen LogP contribution in [0.15, 0.2) is 24.8 Å². The van der Waals surface area contributed by atoms with E-state index in [4.69, 9.17) is 0 Å². The third-order valence-corrected chi connectivity index (χ3v) is 3.44. The van der Waals surface area contributed by atoms with Gasteiger partial charge in [0.2, 0.25) is 5.91 Å². The van der Waals surface area contributed by atoms with Crippen molar-refractivity contribution in [3.05, 3.63) is 30.4 Å². The topological polar surface area (TPSA) is 91.6 Å². The average Bonchev–Trinajstić information content (AvgIpc) is 2.97. The van der Waals surface area contributed by atoms with Crippen molar-refractivity contribution in [2.75, 3.05) is 32.7 Å². The van der Waals surface area contributed by atoms with Crippen molar-refractivity contribution in [3.63, 3.8) is 0 Å². The molecule has 1 fully saturated rings. The molecule has 0 atom stereocenters. The molecule has 0 saturated carbocycles. The molecule has 2 amide bonds. The first-order chi connectivity index (χ1) is 10.3. The largest absolute Gasteiger partial charge is 0.343 e. The third-order valence-electron chi connectivity index (χ3n) is 3.44. The average molecular weight is 288 g/mol. The Morgan fingerprint density at radius 2 is 2.10 bits per heavy atom. The second kappa shape index (κ2) is 5.88. The molecule has 2 aromatic heterocycles. The summed E-state index contributed by atoms with van der Waals surface area (Å²) in [5.74, 6) is -0.388. The minimum Gasteiger partial charge on any atom is -0.343 e. The molecule has 0 radical (unpaired) electrons. The summed E-state index contributed by atoms with van der Waals surface area (Å²) in [5, 5.41) is 9.89. The highest BCUT2D eigenvalue weighted by Gasteiger charge is 2.18. The Balaban J connectivity index is 1.62. The summed E-state index contributed by atoms with van der Waals surface area (Å²) in [4.78, 5) is 29.8. The lowest BCUT2D eigenvalue weighted by atomic mass is 10.2. The van der Waals surface area contributed by atoms with Crippen molar-refractivity contribution >= 4 is 17.3 Å². The first kappa shape index (κ1) is 13.5. The molecule has 0 unspecified atom stereocenters. The monoisotopic (exact) mass is 288 g/mol. The zero-order valence-electron chi connectivity index (χ0n) is 11.5. The van der Waals surface area contributed by atoms with Crippen LogP contribution >= 0.6 is 0 Å². The number of fused-ring (bicyclic) bond motifs is 1. The molecular weight excluding hydrogens is 272 g/mol. The Morgan fingerprint density at radius 1 is 1.29 bits per heavy atom. The highest BCUT2D eigenvalue weighted by atomic mass is 16.2. The summed E-state index contributed by atoms with van der Waals surface area (Å²) in [6.45, 7) is 2.93. The van der Waals surface area contributed by atoms with Crippen molar-refractivity contribution in [2.24, 2.45) is 0 Å². The standard InChI is InChI=1S/C13H16N6O2/c20-12(18-4-1-14-2-5-18)9-16-13(21)10-7-17-19-6-3-15-8-11(10)19/h3,6-8,14H,1-2,4-5,9H2,(H,16,21). The zero-order chi connectivity index (χ0) is 14.7. The van der Waals surface area contributed by atoms with Gasteiger partial charge in [0, 0.05) is 38.6 Å². The molecule has 2 N–H and O–H groups in total. The van der Waals surface area contributed by atoms with Gasteiger partial charge in [-0.25, -0.2) is 4.52 Å². The lowest BCUT2D eigenvalue weighted by molar-refractivity contribution is -0.130. The molecule has 0 spiro atoms. The predicted octanol–water partition coefficient (Wildman–Crippen LogP) is -1.11. The van der Waals surface area contributed by atoms with E-state index in [0.717, 1.165) is 13.1 Å². The van der Waals surface area contributed by atoms with Crippen LogP contribution in [0.1, 0.15) is 10.4 Å². The molecule has 0 bridgehead atoms. The van der Waals surface area contributed by atoms with Gasteiger partial charge >= 0.3 is 0 Å². The number of carbonyl (C=O) groups is 2. The summed E-state index contributed by atoms with van der Waals surface area (Å²) < 4.78 is 1.57. The predicted molar refractivity (Wildman–Crippen MR) is 74.8 cm³/mol. The molecule has 0 aromatic carbocycles. The molecule has 3 heterocycles. The Bertz CT molecular complexity index is 661. The van der Waals surface area contributed by atoms with E-state index in [1.54, 1.807) is 28.0 Å². The van der Waals surface area contributed by atoms with Crippen molar-refractivity contribution in [2.45, 2.75) is 0 Å². The van der Waals surface area contributed by atoms with E-state index in [0.29, 0.717) is 24.2 Å². The molecule has 1 saturated heterocycles. The van der Waals surface area contributed by atoms with Gasteiger partial charge in [0.15, 0.2) is 0 Å². The maximum absolute atomic E-state index is 12.1. The highest BCUT2D eigenvalue weighted by Crippen LogP contribution is 2.08. The minimum absolute atomic E-state index is 0.00354. The Morgan fingerprint density at radius 3 is 2.90 bits per heavy atom. The highest BCUT2D eigenvalue weighted by molar-refractivity contribution is 6.01. The van der Waals surface area contributed by atoms with Gasteiger partial charge in [-0.3, -0.25) is 14.6 Å². The van der Waals surface area contributed by atoms with Crippen molar-refractivity contribution in [3.8, 4) is 0 Å². The van der Waals surface area contributed by atoms with Gasteiger partial charge in [-0.15, -0.1) is 0 Å². The third kappa shape index (κ3) is 2.84. The first-order valence-corrected chi connectivity index (χ1v) is 6.80. The lowest BCUT2D eigenvalue weighted by Crippen LogP contribution is -2.49. The van der Waals surface area contributed by atoms with Gasteiger partial charge in [0.1, 0.15) is 0 Å². The maximum Gasteiger partial charge on any atom is 0.255 e. The van der Waals surface area contributed by atoms with E-state index >= 15 is 0 Å². The van der Waals surface area contributed by atoms with Crippen LogP contribution in [0, 0.1) is 0 Å². The van der Waals surface area contributed by atoms with Crippen LogP contribution in [0.25, 0.3) is 5.52 Å². The molecule has 3 rings (SSSR count). The fraction of sp³-hybridized carbons (Fsp3) is 0.385. The number of nitrogens with zero attached hydrogens (tertiary/aromatic N) is 4. The lowest BCUT2D eigenvalue weighted by Gasteiger charge is -2.27. The summed E-state index contributed by atoms with van der Waals surface area (Å²) in [6, 6.07) is 0. The second-order valence-corrected chi connectivity index (χ2v) is 4.78.